The summed E-state index contributed by atoms with van der Waals surface area (Å²) in [6.45, 7) is 6.72. The summed E-state index contributed by atoms with van der Waals surface area (Å²) in [6, 6.07) is 6.08. The highest BCUT2D eigenvalue weighted by Gasteiger charge is 2.01. The minimum Gasteiger partial charge on any atom is -0.384 e. The van der Waals surface area contributed by atoms with Crippen molar-refractivity contribution in [2.75, 3.05) is 18.4 Å². The molecule has 0 aliphatic heterocycles. The van der Waals surface area contributed by atoms with Crippen LogP contribution in [0.2, 0.25) is 0 Å². The van der Waals surface area contributed by atoms with Crippen LogP contribution in [0.5, 0.6) is 0 Å². The molecular weight excluding hydrogens is 280 g/mol. The number of benzene rings is 1. The van der Waals surface area contributed by atoms with Crippen molar-refractivity contribution in [1.29, 1.82) is 0 Å². The van der Waals surface area contributed by atoms with Gasteiger partial charge in [-0.15, -0.1) is 6.58 Å². The van der Waals surface area contributed by atoms with Gasteiger partial charge in [0, 0.05) is 29.7 Å². The number of anilines is 1. The van der Waals surface area contributed by atoms with Crippen molar-refractivity contribution in [1.82, 2.24) is 5.32 Å². The normalized spacial score (nSPS) is 9.76. The molecule has 1 amide bonds. The van der Waals surface area contributed by atoms with Gasteiger partial charge in [0.05, 0.1) is 0 Å². The third kappa shape index (κ3) is 5.04. The lowest BCUT2D eigenvalue weighted by molar-refractivity contribution is -0.120. The van der Waals surface area contributed by atoms with Gasteiger partial charge in [0.25, 0.3) is 0 Å². The maximum Gasteiger partial charge on any atom is 0.222 e. The van der Waals surface area contributed by atoms with Gasteiger partial charge >= 0.3 is 0 Å². The Kier molecular flexibility index (Phi) is 5.77. The molecule has 0 heterocycles. The molecular formula is C13H17BrN2O. The van der Waals surface area contributed by atoms with Gasteiger partial charge in [-0.3, -0.25) is 4.79 Å². The van der Waals surface area contributed by atoms with E-state index in [2.05, 4.69) is 33.1 Å². The van der Waals surface area contributed by atoms with Gasteiger partial charge < -0.3 is 10.6 Å². The first-order chi connectivity index (χ1) is 8.13. The molecule has 2 N–H and O–H groups in total. The van der Waals surface area contributed by atoms with E-state index in [1.807, 2.05) is 25.1 Å². The number of carbonyl (C=O) groups excluding carboxylic acids is 1. The Bertz CT molecular complexity index is 404. The molecule has 0 saturated carbocycles. The summed E-state index contributed by atoms with van der Waals surface area (Å²) in [5.74, 6) is 0.0284. The number of hydrogen-bond acceptors (Lipinski definition) is 2. The molecule has 0 radical (unpaired) electrons. The van der Waals surface area contributed by atoms with Crippen LogP contribution in [0.3, 0.4) is 0 Å². The van der Waals surface area contributed by atoms with Gasteiger partial charge in [-0.2, -0.15) is 0 Å². The zero-order chi connectivity index (χ0) is 12.7. The summed E-state index contributed by atoms with van der Waals surface area (Å²) in [6.07, 6.45) is 2.12. The maximum absolute atomic E-state index is 11.3. The van der Waals surface area contributed by atoms with Crippen molar-refractivity contribution in [2.24, 2.45) is 0 Å². The largest absolute Gasteiger partial charge is 0.384 e. The van der Waals surface area contributed by atoms with Crippen LogP contribution in [0.15, 0.2) is 35.3 Å². The molecule has 0 aliphatic carbocycles. The lowest BCUT2D eigenvalue weighted by atomic mass is 10.2. The molecule has 4 heteroatoms. The lowest BCUT2D eigenvalue weighted by Gasteiger charge is -2.09. The van der Waals surface area contributed by atoms with E-state index in [4.69, 9.17) is 0 Å². The molecule has 3 nitrogen and oxygen atoms in total. The third-order valence-corrected chi connectivity index (χ3v) is 2.89. The van der Waals surface area contributed by atoms with Gasteiger partial charge in [0.15, 0.2) is 0 Å². The fourth-order valence-corrected chi connectivity index (χ4v) is 1.98. The first kappa shape index (κ1) is 13.8. The van der Waals surface area contributed by atoms with Crippen LogP contribution in [-0.4, -0.2) is 19.0 Å². The number of rotatable bonds is 6. The zero-order valence-corrected chi connectivity index (χ0v) is 11.5. The van der Waals surface area contributed by atoms with Crippen LogP contribution in [0.25, 0.3) is 0 Å². The molecule has 0 fully saturated rings. The van der Waals surface area contributed by atoms with Crippen molar-refractivity contribution in [2.45, 2.75) is 13.3 Å². The highest BCUT2D eigenvalue weighted by Crippen LogP contribution is 2.23. The van der Waals surface area contributed by atoms with Crippen molar-refractivity contribution in [3.63, 3.8) is 0 Å². The van der Waals surface area contributed by atoms with Gasteiger partial charge in [-0.05, 0) is 40.5 Å². The summed E-state index contributed by atoms with van der Waals surface area (Å²) in [4.78, 5) is 11.3. The molecule has 1 aromatic rings. The summed E-state index contributed by atoms with van der Waals surface area (Å²) < 4.78 is 1.02. The highest BCUT2D eigenvalue weighted by atomic mass is 79.9. The van der Waals surface area contributed by atoms with E-state index < -0.39 is 0 Å². The molecule has 0 aromatic heterocycles. The van der Waals surface area contributed by atoms with E-state index in [1.54, 1.807) is 6.08 Å². The predicted molar refractivity (Wildman–Crippen MR) is 75.2 cm³/mol. The Hall–Kier alpha value is -1.29. The number of hydrogen-bond donors (Lipinski definition) is 2. The molecule has 1 aromatic carbocycles. The molecule has 0 saturated heterocycles. The summed E-state index contributed by atoms with van der Waals surface area (Å²) in [5.41, 5.74) is 2.21. The number of amides is 1. The summed E-state index contributed by atoms with van der Waals surface area (Å²) >= 11 is 3.48. The van der Waals surface area contributed by atoms with Gasteiger partial charge in [-0.25, -0.2) is 0 Å². The fourth-order valence-electron chi connectivity index (χ4n) is 1.35. The molecule has 0 atom stereocenters. The second-order valence-corrected chi connectivity index (χ2v) is 4.61. The topological polar surface area (TPSA) is 41.1 Å². The van der Waals surface area contributed by atoms with E-state index in [0.717, 1.165) is 10.2 Å². The Morgan fingerprint density at radius 2 is 2.29 bits per heavy atom. The molecule has 0 spiro atoms. The van der Waals surface area contributed by atoms with Gasteiger partial charge in [-0.1, -0.05) is 12.1 Å². The second-order valence-electron chi connectivity index (χ2n) is 3.75. The lowest BCUT2D eigenvalue weighted by Crippen LogP contribution is -2.25. The smallest absolute Gasteiger partial charge is 0.222 e. The summed E-state index contributed by atoms with van der Waals surface area (Å²) in [7, 11) is 0. The fraction of sp³-hybridized carbons (Fsp3) is 0.308. The van der Waals surface area contributed by atoms with Crippen molar-refractivity contribution in [3.8, 4) is 0 Å². The first-order valence-electron chi connectivity index (χ1n) is 5.51. The third-order valence-electron chi connectivity index (χ3n) is 2.24. The Labute approximate surface area is 110 Å². The Balaban J connectivity index is 2.35. The molecule has 0 aliphatic rings. The van der Waals surface area contributed by atoms with Crippen LogP contribution in [0.4, 0.5) is 5.69 Å². The predicted octanol–water partition coefficient (Wildman–Crippen LogP) is 2.86. The number of carbonyl (C=O) groups is 1. The van der Waals surface area contributed by atoms with Crippen molar-refractivity contribution in [3.05, 3.63) is 40.9 Å². The standard InChI is InChI=1S/C13H17BrN2O/c1-3-7-16-13(17)6-8-15-12-5-4-10(2)9-11(12)14/h3-5,9,15H,1,6-8H2,2H3,(H,16,17). The van der Waals surface area contributed by atoms with E-state index in [9.17, 15) is 4.79 Å². The average molecular weight is 297 g/mol. The van der Waals surface area contributed by atoms with E-state index in [0.29, 0.717) is 19.5 Å². The van der Waals surface area contributed by atoms with Crippen LogP contribution in [0, 0.1) is 6.92 Å². The van der Waals surface area contributed by atoms with E-state index in [-0.39, 0.29) is 5.91 Å². The quantitative estimate of drug-likeness (QED) is 0.793. The van der Waals surface area contributed by atoms with Gasteiger partial charge in [0.1, 0.15) is 0 Å². The maximum atomic E-state index is 11.3. The molecule has 92 valence electrons. The zero-order valence-electron chi connectivity index (χ0n) is 9.92. The van der Waals surface area contributed by atoms with Crippen LogP contribution < -0.4 is 10.6 Å². The van der Waals surface area contributed by atoms with E-state index >= 15 is 0 Å². The van der Waals surface area contributed by atoms with Crippen LogP contribution >= 0.6 is 15.9 Å². The second kappa shape index (κ2) is 7.12. The molecule has 1 rings (SSSR count). The Morgan fingerprint density at radius 1 is 1.53 bits per heavy atom. The monoisotopic (exact) mass is 296 g/mol. The minimum absolute atomic E-state index is 0.0284. The number of nitrogens with one attached hydrogen (secondary N) is 2. The van der Waals surface area contributed by atoms with Crippen LogP contribution in [0.1, 0.15) is 12.0 Å². The van der Waals surface area contributed by atoms with Crippen molar-refractivity contribution >= 4 is 27.5 Å². The molecule has 0 bridgehead atoms. The van der Waals surface area contributed by atoms with Crippen LogP contribution in [-0.2, 0) is 4.79 Å². The highest BCUT2D eigenvalue weighted by molar-refractivity contribution is 9.10. The molecule has 17 heavy (non-hydrogen) atoms. The Morgan fingerprint density at radius 3 is 2.94 bits per heavy atom. The average Bonchev–Trinajstić information content (AvgIpc) is 2.29. The number of halogens is 1. The minimum atomic E-state index is 0.0284. The summed E-state index contributed by atoms with van der Waals surface area (Å²) in [5, 5.41) is 5.95. The van der Waals surface area contributed by atoms with Crippen molar-refractivity contribution < 1.29 is 4.79 Å². The first-order valence-corrected chi connectivity index (χ1v) is 6.30. The van der Waals surface area contributed by atoms with E-state index in [1.165, 1.54) is 5.56 Å². The SMILES string of the molecule is C=CCNC(=O)CCNc1ccc(C)cc1Br. The van der Waals surface area contributed by atoms with Gasteiger partial charge in [0.2, 0.25) is 5.91 Å². The number of aryl methyl sites for hydroxylation is 1. The molecule has 0 unspecified atom stereocenters.